The number of ether oxygens (including phenoxy) is 1. The Morgan fingerprint density at radius 2 is 1.93 bits per heavy atom. The van der Waals surface area contributed by atoms with Crippen molar-refractivity contribution in [1.29, 1.82) is 0 Å². The number of rotatable bonds is 6. The van der Waals surface area contributed by atoms with E-state index < -0.39 is 0 Å². The predicted molar refractivity (Wildman–Crippen MR) is 110 cm³/mol. The number of hydrogen-bond acceptors (Lipinski definition) is 4. The van der Waals surface area contributed by atoms with Gasteiger partial charge in [-0.3, -0.25) is 9.59 Å². The van der Waals surface area contributed by atoms with Gasteiger partial charge >= 0.3 is 0 Å². The summed E-state index contributed by atoms with van der Waals surface area (Å²) in [6, 6.07) is 3.38. The Morgan fingerprint density at radius 3 is 2.54 bits per heavy atom. The summed E-state index contributed by atoms with van der Waals surface area (Å²) in [5, 5.41) is 4.12. The summed E-state index contributed by atoms with van der Waals surface area (Å²) in [5.74, 6) is 0.581. The minimum atomic E-state index is -0.113. The zero-order valence-corrected chi connectivity index (χ0v) is 17.4. The monoisotopic (exact) mass is 425 g/mol. The molecule has 0 atom stereocenters. The number of piperidine rings is 1. The van der Waals surface area contributed by atoms with Gasteiger partial charge in [0, 0.05) is 37.2 Å². The van der Waals surface area contributed by atoms with Crippen LogP contribution in [0, 0.1) is 5.92 Å². The van der Waals surface area contributed by atoms with Crippen molar-refractivity contribution in [2.45, 2.75) is 25.4 Å². The number of likely N-dealkylation sites (tertiary alicyclic amines) is 1. The Bertz CT molecular complexity index is 759. The van der Waals surface area contributed by atoms with Crippen LogP contribution in [0.15, 0.2) is 24.8 Å². The fourth-order valence-corrected chi connectivity index (χ4v) is 4.06. The van der Waals surface area contributed by atoms with Crippen molar-refractivity contribution in [2.75, 3.05) is 33.3 Å². The second kappa shape index (κ2) is 9.16. The summed E-state index contributed by atoms with van der Waals surface area (Å²) < 4.78 is 5.45. The summed E-state index contributed by atoms with van der Waals surface area (Å²) in [6.45, 7) is 6.58. The number of halogens is 2. The van der Waals surface area contributed by atoms with E-state index in [-0.39, 0.29) is 23.8 Å². The first kappa shape index (κ1) is 21.0. The lowest BCUT2D eigenvalue weighted by Crippen LogP contribution is -2.62. The third-order valence-corrected chi connectivity index (χ3v) is 6.15. The zero-order chi connectivity index (χ0) is 20.3. The van der Waals surface area contributed by atoms with Gasteiger partial charge in [-0.2, -0.15) is 0 Å². The maximum absolute atomic E-state index is 13.3. The molecule has 0 bridgehead atoms. The summed E-state index contributed by atoms with van der Waals surface area (Å²) >= 11 is 12.3. The van der Waals surface area contributed by atoms with Crippen LogP contribution in [0.5, 0.6) is 5.75 Å². The molecule has 0 aliphatic carbocycles. The molecule has 0 aromatic heterocycles. The van der Waals surface area contributed by atoms with E-state index >= 15 is 0 Å². The molecule has 6 nitrogen and oxygen atoms in total. The summed E-state index contributed by atoms with van der Waals surface area (Å²) in [4.78, 5) is 28.7. The van der Waals surface area contributed by atoms with E-state index in [0.717, 1.165) is 31.5 Å². The van der Waals surface area contributed by atoms with Crippen LogP contribution >= 0.6 is 23.2 Å². The molecule has 2 saturated heterocycles. The minimum absolute atomic E-state index is 0.0147. The highest BCUT2D eigenvalue weighted by atomic mass is 35.5. The Kier molecular flexibility index (Phi) is 6.86. The minimum Gasteiger partial charge on any atom is -0.496 e. The molecule has 8 heteroatoms. The summed E-state index contributed by atoms with van der Waals surface area (Å²) in [5.41, 5.74) is 0.799. The van der Waals surface area contributed by atoms with Crippen molar-refractivity contribution in [1.82, 2.24) is 15.1 Å². The second-order valence-corrected chi connectivity index (χ2v) is 7.98. The smallest absolute Gasteiger partial charge is 0.246 e. The Balaban J connectivity index is 1.82. The number of nitrogens with zero attached hydrogens (tertiary/aromatic N) is 2. The lowest BCUT2D eigenvalue weighted by Gasteiger charge is -2.46. The fraction of sp³-hybridized carbons (Fsp3) is 0.500. The number of hydrogen-bond donors (Lipinski definition) is 1. The predicted octanol–water partition coefficient (Wildman–Crippen LogP) is 2.73. The van der Waals surface area contributed by atoms with Gasteiger partial charge in [-0.05, 0) is 38.1 Å². The maximum atomic E-state index is 13.3. The van der Waals surface area contributed by atoms with E-state index in [1.54, 1.807) is 24.1 Å². The number of amides is 2. The Morgan fingerprint density at radius 1 is 1.29 bits per heavy atom. The first-order valence-electron chi connectivity index (χ1n) is 9.39. The number of methoxy groups -OCH3 is 1. The average Bonchev–Trinajstić information content (AvgIpc) is 2.68. The normalized spacial score (nSPS) is 17.8. The molecule has 2 heterocycles. The molecule has 3 rings (SSSR count). The van der Waals surface area contributed by atoms with Crippen LogP contribution in [0.25, 0.3) is 0 Å². The van der Waals surface area contributed by atoms with Gasteiger partial charge < -0.3 is 19.9 Å². The van der Waals surface area contributed by atoms with Gasteiger partial charge in [0.05, 0.1) is 23.2 Å². The van der Waals surface area contributed by atoms with Gasteiger partial charge in [-0.15, -0.1) is 0 Å². The molecule has 2 aliphatic heterocycles. The standard InChI is InChI=1S/C20H25Cl2N3O3/c1-3-19(26)24-11-15(12-24)25(20(27)13-4-6-23-7-5-13)10-14-8-16(21)17(22)9-18(14)28-2/h3,8-9,13,15,23H,1,4-7,10-12H2,2H3. The largest absolute Gasteiger partial charge is 0.496 e. The van der Waals surface area contributed by atoms with E-state index in [1.165, 1.54) is 6.08 Å². The molecule has 2 amide bonds. The van der Waals surface area contributed by atoms with E-state index in [0.29, 0.717) is 35.4 Å². The molecule has 0 unspecified atom stereocenters. The molecular formula is C20H25Cl2N3O3. The first-order chi connectivity index (χ1) is 13.4. The SMILES string of the molecule is C=CC(=O)N1CC(N(Cc2cc(Cl)c(Cl)cc2OC)C(=O)C2CCNCC2)C1. The van der Waals surface area contributed by atoms with Crippen molar-refractivity contribution in [3.63, 3.8) is 0 Å². The van der Waals surface area contributed by atoms with E-state index in [4.69, 9.17) is 27.9 Å². The van der Waals surface area contributed by atoms with Crippen molar-refractivity contribution < 1.29 is 14.3 Å². The molecule has 0 radical (unpaired) electrons. The highest BCUT2D eigenvalue weighted by Gasteiger charge is 2.39. The van der Waals surface area contributed by atoms with E-state index in [1.807, 2.05) is 4.90 Å². The molecule has 152 valence electrons. The van der Waals surface area contributed by atoms with Crippen molar-refractivity contribution >= 4 is 35.0 Å². The molecule has 1 aromatic carbocycles. The summed E-state index contributed by atoms with van der Waals surface area (Å²) in [7, 11) is 1.57. The zero-order valence-electron chi connectivity index (χ0n) is 15.9. The van der Waals surface area contributed by atoms with Crippen LogP contribution in [0.3, 0.4) is 0 Å². The molecule has 0 spiro atoms. The van der Waals surface area contributed by atoms with Gasteiger partial charge in [-0.25, -0.2) is 0 Å². The van der Waals surface area contributed by atoms with Crippen LogP contribution in [-0.2, 0) is 16.1 Å². The molecular weight excluding hydrogens is 401 g/mol. The quantitative estimate of drug-likeness (QED) is 0.711. The molecule has 1 N–H and O–H groups in total. The van der Waals surface area contributed by atoms with Gasteiger partial charge in [-0.1, -0.05) is 29.8 Å². The number of carbonyl (C=O) groups is 2. The van der Waals surface area contributed by atoms with Crippen LogP contribution in [0.4, 0.5) is 0 Å². The van der Waals surface area contributed by atoms with Crippen LogP contribution < -0.4 is 10.1 Å². The van der Waals surface area contributed by atoms with Crippen molar-refractivity contribution in [3.8, 4) is 5.75 Å². The maximum Gasteiger partial charge on any atom is 0.246 e. The van der Waals surface area contributed by atoms with E-state index in [9.17, 15) is 9.59 Å². The molecule has 2 aliphatic rings. The third kappa shape index (κ3) is 4.45. The van der Waals surface area contributed by atoms with Crippen LogP contribution in [0.1, 0.15) is 18.4 Å². The summed E-state index contributed by atoms with van der Waals surface area (Å²) in [6.07, 6.45) is 2.93. The number of benzene rings is 1. The lowest BCUT2D eigenvalue weighted by atomic mass is 9.94. The van der Waals surface area contributed by atoms with Crippen molar-refractivity contribution in [2.24, 2.45) is 5.92 Å². The Hall–Kier alpha value is -1.76. The van der Waals surface area contributed by atoms with Crippen molar-refractivity contribution in [3.05, 3.63) is 40.4 Å². The molecule has 1 aromatic rings. The topological polar surface area (TPSA) is 61.9 Å². The average molecular weight is 426 g/mol. The van der Waals surface area contributed by atoms with Gasteiger partial charge in [0.2, 0.25) is 11.8 Å². The highest BCUT2D eigenvalue weighted by Crippen LogP contribution is 2.33. The third-order valence-electron chi connectivity index (χ3n) is 5.42. The van der Waals surface area contributed by atoms with Crippen LogP contribution in [0.2, 0.25) is 10.0 Å². The molecule has 2 fully saturated rings. The van der Waals surface area contributed by atoms with E-state index in [2.05, 4.69) is 11.9 Å². The number of nitrogens with one attached hydrogen (secondary N) is 1. The number of carbonyl (C=O) groups excluding carboxylic acids is 2. The van der Waals surface area contributed by atoms with Crippen LogP contribution in [-0.4, -0.2) is 60.9 Å². The fourth-order valence-electron chi connectivity index (χ4n) is 3.72. The lowest BCUT2D eigenvalue weighted by molar-refractivity contribution is -0.148. The highest BCUT2D eigenvalue weighted by molar-refractivity contribution is 6.42. The second-order valence-electron chi connectivity index (χ2n) is 7.17. The first-order valence-corrected chi connectivity index (χ1v) is 10.1. The van der Waals surface area contributed by atoms with Gasteiger partial charge in [0.25, 0.3) is 0 Å². The Labute approximate surface area is 175 Å². The molecule has 0 saturated carbocycles. The van der Waals surface area contributed by atoms with Gasteiger partial charge in [0.1, 0.15) is 5.75 Å². The molecule has 28 heavy (non-hydrogen) atoms. The van der Waals surface area contributed by atoms with Gasteiger partial charge in [0.15, 0.2) is 0 Å².